The second-order valence-electron chi connectivity index (χ2n) is 8.29. The number of nitrogens with one attached hydrogen (secondary N) is 2. The Bertz CT molecular complexity index is 1410. The Labute approximate surface area is 207 Å². The Morgan fingerprint density at radius 2 is 1.75 bits per heavy atom. The minimum atomic E-state index is -0.785. The highest BCUT2D eigenvalue weighted by molar-refractivity contribution is 5.98. The fourth-order valence-electron chi connectivity index (χ4n) is 3.48. The van der Waals surface area contributed by atoms with Crippen LogP contribution in [0.25, 0.3) is 0 Å². The van der Waals surface area contributed by atoms with Crippen LogP contribution in [0.15, 0.2) is 64.2 Å². The largest absolute Gasteiger partial charge is 0.383 e. The standard InChI is InChI=1S/C25H27N7O4/c1-16(23(34)28-19-11-9-17(13-26)10-12-19)30(2)15-20(33)31(3)21-22(27)32(25(36)29-24(21)35)14-18-7-5-4-6-8-18/h4-12,16H,14-15,27H2,1-3H3,(H,28,34)(H,29,35,36)/t16-/m0/s1. The Hall–Kier alpha value is -4.69. The lowest BCUT2D eigenvalue weighted by Gasteiger charge is -2.26. The van der Waals surface area contributed by atoms with E-state index >= 15 is 0 Å². The molecular formula is C25H27N7O4. The molecule has 11 heteroatoms. The molecule has 3 rings (SSSR count). The summed E-state index contributed by atoms with van der Waals surface area (Å²) in [7, 11) is 2.98. The molecule has 1 aromatic heterocycles. The van der Waals surface area contributed by atoms with Crippen molar-refractivity contribution in [3.05, 3.63) is 86.6 Å². The number of benzene rings is 2. The van der Waals surface area contributed by atoms with Crippen molar-refractivity contribution in [1.82, 2.24) is 14.5 Å². The van der Waals surface area contributed by atoms with Crippen LogP contribution in [0.5, 0.6) is 0 Å². The lowest BCUT2D eigenvalue weighted by atomic mass is 10.2. The van der Waals surface area contributed by atoms with Crippen molar-refractivity contribution in [2.24, 2.45) is 0 Å². The number of carbonyl (C=O) groups is 2. The number of nitrogens with two attached hydrogens (primary N) is 1. The van der Waals surface area contributed by atoms with Crippen LogP contribution < -0.4 is 27.2 Å². The smallest absolute Gasteiger partial charge is 0.330 e. The number of nitriles is 1. The van der Waals surface area contributed by atoms with Crippen LogP contribution in [0.4, 0.5) is 17.2 Å². The number of nitrogens with zero attached hydrogens (tertiary/aromatic N) is 4. The molecule has 0 fully saturated rings. The molecule has 0 saturated heterocycles. The molecule has 2 amide bonds. The fourth-order valence-corrected chi connectivity index (χ4v) is 3.48. The number of aromatic amines is 1. The third kappa shape index (κ3) is 5.86. The molecule has 0 saturated carbocycles. The van der Waals surface area contributed by atoms with Gasteiger partial charge in [-0.25, -0.2) is 4.79 Å². The Morgan fingerprint density at radius 3 is 2.36 bits per heavy atom. The van der Waals surface area contributed by atoms with Gasteiger partial charge in [0.2, 0.25) is 11.8 Å². The SMILES string of the molecule is C[C@@H](C(=O)Nc1ccc(C#N)cc1)N(C)CC(=O)N(C)c1c(N)n(Cc2ccccc2)c(=O)[nH]c1=O. The summed E-state index contributed by atoms with van der Waals surface area (Å²) >= 11 is 0. The summed E-state index contributed by atoms with van der Waals surface area (Å²) in [5.41, 5.74) is 6.32. The van der Waals surface area contributed by atoms with Crippen LogP contribution >= 0.6 is 0 Å². The van der Waals surface area contributed by atoms with E-state index < -0.39 is 23.2 Å². The number of aromatic nitrogens is 2. The topological polar surface area (TPSA) is 157 Å². The zero-order chi connectivity index (χ0) is 26.4. The van der Waals surface area contributed by atoms with E-state index in [2.05, 4.69) is 10.3 Å². The molecule has 3 aromatic rings. The first-order chi connectivity index (χ1) is 17.1. The predicted octanol–water partition coefficient (Wildman–Crippen LogP) is 0.961. The number of hydrogen-bond acceptors (Lipinski definition) is 7. The fraction of sp³-hybridized carbons (Fsp3) is 0.240. The van der Waals surface area contributed by atoms with Gasteiger partial charge in [-0.15, -0.1) is 0 Å². The molecule has 0 bridgehead atoms. The number of hydrogen-bond donors (Lipinski definition) is 3. The summed E-state index contributed by atoms with van der Waals surface area (Å²) in [5, 5.41) is 11.6. The number of carbonyl (C=O) groups excluding carboxylic acids is 2. The number of anilines is 3. The first-order valence-corrected chi connectivity index (χ1v) is 11.1. The average molecular weight is 490 g/mol. The third-order valence-corrected chi connectivity index (χ3v) is 5.81. The van der Waals surface area contributed by atoms with E-state index in [-0.39, 0.29) is 30.5 Å². The van der Waals surface area contributed by atoms with Gasteiger partial charge in [0.05, 0.1) is 30.8 Å². The number of rotatable bonds is 8. The van der Waals surface area contributed by atoms with Crippen molar-refractivity contribution in [3.63, 3.8) is 0 Å². The molecule has 0 unspecified atom stereocenters. The lowest BCUT2D eigenvalue weighted by Crippen LogP contribution is -2.47. The highest BCUT2D eigenvalue weighted by Gasteiger charge is 2.25. The number of nitrogen functional groups attached to an aromatic ring is 1. The van der Waals surface area contributed by atoms with Gasteiger partial charge < -0.3 is 16.0 Å². The zero-order valence-electron chi connectivity index (χ0n) is 20.2. The first kappa shape index (κ1) is 25.9. The molecule has 11 nitrogen and oxygen atoms in total. The zero-order valence-corrected chi connectivity index (χ0v) is 20.2. The Morgan fingerprint density at radius 1 is 1.11 bits per heavy atom. The van der Waals surface area contributed by atoms with E-state index in [0.717, 1.165) is 10.5 Å². The van der Waals surface area contributed by atoms with Gasteiger partial charge in [0.15, 0.2) is 5.69 Å². The molecule has 0 aliphatic heterocycles. The predicted molar refractivity (Wildman–Crippen MR) is 137 cm³/mol. The maximum absolute atomic E-state index is 13.0. The van der Waals surface area contributed by atoms with Crippen molar-refractivity contribution in [2.45, 2.75) is 19.5 Å². The molecule has 36 heavy (non-hydrogen) atoms. The molecule has 1 atom stereocenters. The van der Waals surface area contributed by atoms with Gasteiger partial charge in [-0.1, -0.05) is 30.3 Å². The summed E-state index contributed by atoms with van der Waals surface area (Å²) in [5.74, 6) is -0.998. The molecule has 186 valence electrons. The minimum Gasteiger partial charge on any atom is -0.383 e. The van der Waals surface area contributed by atoms with Crippen molar-refractivity contribution < 1.29 is 9.59 Å². The summed E-state index contributed by atoms with van der Waals surface area (Å²) in [6.45, 7) is 1.55. The minimum absolute atomic E-state index is 0.115. The van der Waals surface area contributed by atoms with Gasteiger partial charge in [0, 0.05) is 12.7 Å². The van der Waals surface area contributed by atoms with Crippen LogP contribution in [0.1, 0.15) is 18.1 Å². The maximum Gasteiger partial charge on any atom is 0.330 e. The quantitative estimate of drug-likeness (QED) is 0.425. The number of likely N-dealkylation sites (N-methyl/N-ethyl adjacent to an activating group) is 2. The normalized spacial score (nSPS) is 11.5. The summed E-state index contributed by atoms with van der Waals surface area (Å²) in [6.07, 6.45) is 0. The highest BCUT2D eigenvalue weighted by Crippen LogP contribution is 2.17. The summed E-state index contributed by atoms with van der Waals surface area (Å²) < 4.78 is 1.19. The molecule has 0 aliphatic carbocycles. The maximum atomic E-state index is 13.0. The Kier molecular flexibility index (Phi) is 8.03. The second-order valence-corrected chi connectivity index (χ2v) is 8.29. The Balaban J connectivity index is 1.73. The van der Waals surface area contributed by atoms with Crippen LogP contribution in [-0.4, -0.2) is 52.9 Å². The van der Waals surface area contributed by atoms with Crippen LogP contribution in [-0.2, 0) is 16.1 Å². The lowest BCUT2D eigenvalue weighted by molar-refractivity contribution is -0.123. The average Bonchev–Trinajstić information content (AvgIpc) is 2.86. The molecule has 2 aromatic carbocycles. The van der Waals surface area contributed by atoms with Crippen molar-refractivity contribution in [2.75, 3.05) is 36.6 Å². The van der Waals surface area contributed by atoms with Gasteiger partial charge in [-0.2, -0.15) is 5.26 Å². The highest BCUT2D eigenvalue weighted by atomic mass is 16.2. The van der Waals surface area contributed by atoms with E-state index in [0.29, 0.717) is 11.3 Å². The van der Waals surface area contributed by atoms with E-state index in [4.69, 9.17) is 11.0 Å². The first-order valence-electron chi connectivity index (χ1n) is 11.1. The van der Waals surface area contributed by atoms with E-state index in [1.165, 1.54) is 16.5 Å². The van der Waals surface area contributed by atoms with E-state index in [1.54, 1.807) is 38.2 Å². The third-order valence-electron chi connectivity index (χ3n) is 5.81. The van der Waals surface area contributed by atoms with Crippen molar-refractivity contribution in [3.8, 4) is 6.07 Å². The van der Waals surface area contributed by atoms with Gasteiger partial charge in [-0.05, 0) is 43.8 Å². The van der Waals surface area contributed by atoms with Crippen LogP contribution in [0.3, 0.4) is 0 Å². The van der Waals surface area contributed by atoms with Gasteiger partial charge in [0.25, 0.3) is 5.56 Å². The van der Waals surface area contributed by atoms with Crippen molar-refractivity contribution >= 4 is 29.0 Å². The molecule has 0 aliphatic rings. The van der Waals surface area contributed by atoms with E-state index in [1.807, 2.05) is 36.4 Å². The monoisotopic (exact) mass is 489 g/mol. The summed E-state index contributed by atoms with van der Waals surface area (Å²) in [4.78, 5) is 55.4. The van der Waals surface area contributed by atoms with Crippen molar-refractivity contribution in [1.29, 1.82) is 5.26 Å². The van der Waals surface area contributed by atoms with Crippen LogP contribution in [0, 0.1) is 11.3 Å². The van der Waals surface area contributed by atoms with Gasteiger partial charge >= 0.3 is 5.69 Å². The molecular weight excluding hydrogens is 462 g/mol. The number of amides is 2. The van der Waals surface area contributed by atoms with Gasteiger partial charge in [-0.3, -0.25) is 28.8 Å². The molecule has 0 radical (unpaired) electrons. The second kappa shape index (κ2) is 11.2. The molecule has 1 heterocycles. The molecule has 4 N–H and O–H groups in total. The number of H-pyrrole nitrogens is 1. The molecule has 0 spiro atoms. The summed E-state index contributed by atoms with van der Waals surface area (Å²) in [6, 6.07) is 16.8. The van der Waals surface area contributed by atoms with E-state index in [9.17, 15) is 19.2 Å². The van der Waals surface area contributed by atoms with Gasteiger partial charge in [0.1, 0.15) is 5.82 Å². The van der Waals surface area contributed by atoms with Crippen LogP contribution in [0.2, 0.25) is 0 Å².